The van der Waals surface area contributed by atoms with Gasteiger partial charge in [-0.25, -0.2) is 0 Å². The predicted octanol–water partition coefficient (Wildman–Crippen LogP) is 2.44. The van der Waals surface area contributed by atoms with Crippen LogP contribution >= 0.6 is 15.9 Å². The maximum atomic E-state index is 9.13. The van der Waals surface area contributed by atoms with Crippen molar-refractivity contribution in [1.82, 2.24) is 0 Å². The largest absolute Gasteiger partial charge is 0.508 e. The molecule has 3 N–H and O–H groups in total. The molecule has 0 aromatic heterocycles. The summed E-state index contributed by atoms with van der Waals surface area (Å²) in [6.45, 7) is 0.790. The van der Waals surface area contributed by atoms with E-state index in [2.05, 4.69) is 15.9 Å². The maximum Gasteiger partial charge on any atom is 0.492 e. The van der Waals surface area contributed by atoms with Crippen LogP contribution in [-0.2, 0) is 4.74 Å². The minimum atomic E-state index is -1.68. The van der Waals surface area contributed by atoms with E-state index >= 15 is 0 Å². The number of benzene rings is 2. The van der Waals surface area contributed by atoms with Gasteiger partial charge in [0.05, 0.1) is 25.3 Å². The highest BCUT2D eigenvalue weighted by Gasteiger charge is 2.17. The lowest BCUT2D eigenvalue weighted by molar-refractivity contribution is -0.106. The molecule has 1 atom stereocenters. The second-order valence-electron chi connectivity index (χ2n) is 6.01. The van der Waals surface area contributed by atoms with Crippen molar-refractivity contribution >= 4 is 28.5 Å². The number of aromatic hydroxyl groups is 1. The van der Waals surface area contributed by atoms with Gasteiger partial charge in [0.25, 0.3) is 0 Å². The van der Waals surface area contributed by atoms with E-state index in [1.807, 2.05) is 18.2 Å². The van der Waals surface area contributed by atoms with Gasteiger partial charge >= 0.3 is 7.12 Å². The molecule has 0 bridgehead atoms. The van der Waals surface area contributed by atoms with Gasteiger partial charge in [0.1, 0.15) is 23.0 Å². The number of methoxy groups -OCH3 is 2. The van der Waals surface area contributed by atoms with Gasteiger partial charge in [-0.05, 0) is 65.2 Å². The van der Waals surface area contributed by atoms with E-state index < -0.39 is 7.12 Å². The molecule has 152 valence electrons. The Balaban J connectivity index is 0.000000209. The summed E-state index contributed by atoms with van der Waals surface area (Å²) in [7, 11) is 1.42. The SMILES string of the molecule is COc1ccc(O)c(B(O)O)c1.COc1ccc(OC2CCCCO2)c(Br)c1. The fourth-order valence-electron chi connectivity index (χ4n) is 2.52. The van der Waals surface area contributed by atoms with Crippen molar-refractivity contribution in [2.75, 3.05) is 20.8 Å². The standard InChI is InChI=1S/C12H15BrO3.C7H9BO4/c1-14-9-5-6-11(10(13)8-9)16-12-4-2-3-7-15-12;1-12-5-2-3-7(9)6(4-5)8(10)11/h5-6,8,12H,2-4,7H2,1H3;2-4,9-11H,1H3. The molecule has 2 aromatic rings. The summed E-state index contributed by atoms with van der Waals surface area (Å²) in [6.07, 6.45) is 3.14. The Bertz CT molecular complexity index is 751. The van der Waals surface area contributed by atoms with Crippen LogP contribution in [0.3, 0.4) is 0 Å². The van der Waals surface area contributed by atoms with Crippen LogP contribution in [-0.4, -0.2) is 49.4 Å². The Morgan fingerprint density at radius 3 is 2.29 bits per heavy atom. The van der Waals surface area contributed by atoms with Crippen LogP contribution in [0.5, 0.6) is 23.0 Å². The minimum absolute atomic E-state index is 0.0364. The average molecular weight is 455 g/mol. The predicted molar refractivity (Wildman–Crippen MR) is 109 cm³/mol. The molecular weight excluding hydrogens is 431 g/mol. The molecule has 0 aliphatic carbocycles. The van der Waals surface area contributed by atoms with Crippen LogP contribution in [0.25, 0.3) is 0 Å². The number of phenolic OH excluding ortho intramolecular Hbond substituents is 1. The maximum absolute atomic E-state index is 9.13. The molecule has 1 unspecified atom stereocenters. The van der Waals surface area contributed by atoms with Crippen molar-refractivity contribution in [2.24, 2.45) is 0 Å². The van der Waals surface area contributed by atoms with Crippen molar-refractivity contribution < 1.29 is 34.1 Å². The Morgan fingerprint density at radius 1 is 1.04 bits per heavy atom. The summed E-state index contributed by atoms with van der Waals surface area (Å²) in [4.78, 5) is 0. The third-order valence-electron chi connectivity index (χ3n) is 4.05. The molecule has 0 saturated carbocycles. The van der Waals surface area contributed by atoms with Gasteiger partial charge in [0, 0.05) is 11.9 Å². The Morgan fingerprint density at radius 2 is 1.71 bits per heavy atom. The summed E-state index contributed by atoms with van der Waals surface area (Å²) >= 11 is 3.45. The van der Waals surface area contributed by atoms with E-state index in [0.29, 0.717) is 5.75 Å². The lowest BCUT2D eigenvalue weighted by atomic mass is 9.79. The van der Waals surface area contributed by atoms with Gasteiger partial charge in [-0.2, -0.15) is 0 Å². The first kappa shape index (κ1) is 22.4. The smallest absolute Gasteiger partial charge is 0.492 e. The van der Waals surface area contributed by atoms with Crippen LogP contribution in [0.1, 0.15) is 19.3 Å². The molecule has 1 aliphatic heterocycles. The minimum Gasteiger partial charge on any atom is -0.508 e. The van der Waals surface area contributed by atoms with Crippen molar-refractivity contribution in [1.29, 1.82) is 0 Å². The zero-order chi connectivity index (χ0) is 20.5. The molecule has 28 heavy (non-hydrogen) atoms. The number of halogens is 1. The number of hydrogen-bond donors (Lipinski definition) is 3. The number of hydrogen-bond acceptors (Lipinski definition) is 7. The first-order chi connectivity index (χ1) is 13.4. The molecule has 7 nitrogen and oxygen atoms in total. The molecule has 2 aromatic carbocycles. The summed E-state index contributed by atoms with van der Waals surface area (Å²) < 4.78 is 22.1. The molecule has 1 saturated heterocycles. The van der Waals surface area contributed by atoms with Gasteiger partial charge in [-0.3, -0.25) is 0 Å². The molecule has 1 aliphatic rings. The Labute approximate surface area is 173 Å². The second kappa shape index (κ2) is 11.2. The number of ether oxygens (including phenoxy) is 4. The molecule has 3 rings (SSSR count). The fraction of sp³-hybridized carbons (Fsp3) is 0.368. The van der Waals surface area contributed by atoms with Crippen LogP contribution in [0.2, 0.25) is 0 Å². The van der Waals surface area contributed by atoms with E-state index in [1.54, 1.807) is 7.11 Å². The third kappa shape index (κ3) is 6.59. The topological polar surface area (TPSA) is 97.6 Å². The third-order valence-corrected chi connectivity index (χ3v) is 4.67. The molecule has 0 spiro atoms. The number of phenols is 1. The average Bonchev–Trinajstić information content (AvgIpc) is 2.71. The zero-order valence-corrected chi connectivity index (χ0v) is 17.4. The summed E-state index contributed by atoms with van der Waals surface area (Å²) in [5.41, 5.74) is 0.0364. The summed E-state index contributed by atoms with van der Waals surface area (Å²) in [5, 5.41) is 26.7. The first-order valence-electron chi connectivity index (χ1n) is 8.79. The second-order valence-corrected chi connectivity index (χ2v) is 6.86. The van der Waals surface area contributed by atoms with Crippen LogP contribution < -0.4 is 19.7 Å². The van der Waals surface area contributed by atoms with E-state index in [-0.39, 0.29) is 17.5 Å². The highest BCUT2D eigenvalue weighted by molar-refractivity contribution is 9.10. The van der Waals surface area contributed by atoms with Gasteiger partial charge in [-0.15, -0.1) is 0 Å². The van der Waals surface area contributed by atoms with E-state index in [4.69, 9.17) is 34.1 Å². The van der Waals surface area contributed by atoms with Gasteiger partial charge in [0.2, 0.25) is 0 Å². The Hall–Kier alpha value is -1.94. The first-order valence-corrected chi connectivity index (χ1v) is 9.58. The zero-order valence-electron chi connectivity index (χ0n) is 15.8. The number of rotatable bonds is 5. The lowest BCUT2D eigenvalue weighted by Gasteiger charge is -2.24. The monoisotopic (exact) mass is 454 g/mol. The van der Waals surface area contributed by atoms with Gasteiger partial charge in [-0.1, -0.05) is 0 Å². The van der Waals surface area contributed by atoms with Gasteiger partial charge in [0.15, 0.2) is 6.29 Å². The lowest BCUT2D eigenvalue weighted by Crippen LogP contribution is -2.29. The summed E-state index contributed by atoms with van der Waals surface area (Å²) in [6, 6.07) is 9.89. The van der Waals surface area contributed by atoms with Gasteiger partial charge < -0.3 is 34.1 Å². The fourth-order valence-corrected chi connectivity index (χ4v) is 2.97. The normalized spacial score (nSPS) is 15.8. The molecule has 9 heteroatoms. The van der Waals surface area contributed by atoms with E-state index in [0.717, 1.165) is 35.4 Å². The van der Waals surface area contributed by atoms with Crippen LogP contribution in [0.15, 0.2) is 40.9 Å². The quantitative estimate of drug-likeness (QED) is 0.597. The Kier molecular flexibility index (Phi) is 8.91. The molecule has 1 heterocycles. The van der Waals surface area contributed by atoms with Crippen molar-refractivity contribution in [3.05, 3.63) is 40.9 Å². The highest BCUT2D eigenvalue weighted by Crippen LogP contribution is 2.31. The molecular formula is C19H24BBrO7. The van der Waals surface area contributed by atoms with Crippen molar-refractivity contribution in [3.63, 3.8) is 0 Å². The van der Waals surface area contributed by atoms with E-state index in [1.165, 1.54) is 31.7 Å². The van der Waals surface area contributed by atoms with Crippen LogP contribution in [0.4, 0.5) is 0 Å². The molecule has 0 radical (unpaired) electrons. The highest BCUT2D eigenvalue weighted by atomic mass is 79.9. The molecule has 1 fully saturated rings. The summed E-state index contributed by atoms with van der Waals surface area (Å²) in [5.74, 6) is 1.91. The van der Waals surface area contributed by atoms with Crippen molar-refractivity contribution in [3.8, 4) is 23.0 Å². The van der Waals surface area contributed by atoms with Crippen LogP contribution in [0, 0.1) is 0 Å². The molecule has 0 amide bonds. The van der Waals surface area contributed by atoms with Crippen molar-refractivity contribution in [2.45, 2.75) is 25.6 Å². The van der Waals surface area contributed by atoms with E-state index in [9.17, 15) is 0 Å².